The SMILES string of the molecule is COc1cc(/C=N\NC(=O)c2ccc(F)cc2)cc([N+](=O)[O-])c1O. The summed E-state index contributed by atoms with van der Waals surface area (Å²) in [5, 5.41) is 24.2. The molecule has 0 aliphatic heterocycles. The van der Waals surface area contributed by atoms with Crippen LogP contribution < -0.4 is 10.2 Å². The van der Waals surface area contributed by atoms with E-state index in [1.807, 2.05) is 0 Å². The number of carbonyl (C=O) groups is 1. The number of phenolic OH excluding ortho intramolecular Hbond substituents is 1. The quantitative estimate of drug-likeness (QED) is 0.495. The number of hydrazone groups is 1. The molecule has 1 amide bonds. The van der Waals surface area contributed by atoms with Crippen molar-refractivity contribution in [3.8, 4) is 11.5 Å². The van der Waals surface area contributed by atoms with E-state index in [4.69, 9.17) is 4.74 Å². The summed E-state index contributed by atoms with van der Waals surface area (Å²) >= 11 is 0. The van der Waals surface area contributed by atoms with Gasteiger partial charge in [-0.1, -0.05) is 0 Å². The predicted molar refractivity (Wildman–Crippen MR) is 82.8 cm³/mol. The third-order valence-electron chi connectivity index (χ3n) is 2.98. The van der Waals surface area contributed by atoms with Gasteiger partial charge >= 0.3 is 5.69 Å². The van der Waals surface area contributed by atoms with E-state index in [1.54, 1.807) is 0 Å². The number of amides is 1. The summed E-state index contributed by atoms with van der Waals surface area (Å²) in [5.41, 5.74) is 2.08. The first-order valence-electron chi connectivity index (χ1n) is 6.56. The van der Waals surface area contributed by atoms with Gasteiger partial charge in [-0.15, -0.1) is 0 Å². The largest absolute Gasteiger partial charge is 0.500 e. The monoisotopic (exact) mass is 333 g/mol. The molecule has 2 aromatic rings. The van der Waals surface area contributed by atoms with E-state index in [0.717, 1.165) is 24.4 Å². The number of methoxy groups -OCH3 is 1. The number of carbonyl (C=O) groups excluding carboxylic acids is 1. The molecule has 0 fully saturated rings. The molecule has 124 valence electrons. The molecule has 2 rings (SSSR count). The van der Waals surface area contributed by atoms with Crippen LogP contribution in [-0.2, 0) is 0 Å². The number of rotatable bonds is 5. The zero-order valence-electron chi connectivity index (χ0n) is 12.4. The maximum absolute atomic E-state index is 12.8. The van der Waals surface area contributed by atoms with Crippen molar-refractivity contribution >= 4 is 17.8 Å². The highest BCUT2D eigenvalue weighted by Crippen LogP contribution is 2.36. The minimum atomic E-state index is -0.772. The molecule has 0 aliphatic rings. The summed E-state index contributed by atoms with van der Waals surface area (Å²) < 4.78 is 17.6. The maximum atomic E-state index is 12.8. The van der Waals surface area contributed by atoms with Gasteiger partial charge in [-0.05, 0) is 30.3 Å². The Morgan fingerprint density at radius 1 is 1.38 bits per heavy atom. The number of halogens is 1. The van der Waals surface area contributed by atoms with Gasteiger partial charge in [0.05, 0.1) is 18.2 Å². The molecule has 24 heavy (non-hydrogen) atoms. The summed E-state index contributed by atoms with van der Waals surface area (Å²) in [6.45, 7) is 0. The molecule has 0 saturated heterocycles. The van der Waals surface area contributed by atoms with Crippen molar-refractivity contribution in [3.05, 3.63) is 63.5 Å². The van der Waals surface area contributed by atoms with Gasteiger partial charge in [0.2, 0.25) is 5.75 Å². The highest BCUT2D eigenvalue weighted by molar-refractivity contribution is 5.95. The van der Waals surface area contributed by atoms with E-state index in [9.17, 15) is 24.4 Å². The van der Waals surface area contributed by atoms with Crippen molar-refractivity contribution in [2.24, 2.45) is 5.10 Å². The second-order valence-corrected chi connectivity index (χ2v) is 4.55. The molecular formula is C15H12FN3O5. The minimum absolute atomic E-state index is 0.101. The first kappa shape index (κ1) is 16.9. The van der Waals surface area contributed by atoms with Gasteiger partial charge in [0.1, 0.15) is 5.82 Å². The molecular weight excluding hydrogens is 321 g/mol. The average Bonchev–Trinajstić information content (AvgIpc) is 2.56. The van der Waals surface area contributed by atoms with E-state index in [-0.39, 0.29) is 16.9 Å². The lowest BCUT2D eigenvalue weighted by Crippen LogP contribution is -2.17. The van der Waals surface area contributed by atoms with E-state index < -0.39 is 28.1 Å². The lowest BCUT2D eigenvalue weighted by atomic mass is 10.2. The van der Waals surface area contributed by atoms with Gasteiger partial charge in [-0.2, -0.15) is 5.10 Å². The Bertz CT molecular complexity index is 806. The normalized spacial score (nSPS) is 10.6. The Labute approximate surface area is 135 Å². The van der Waals surface area contributed by atoms with Gasteiger partial charge < -0.3 is 9.84 Å². The van der Waals surface area contributed by atoms with Crippen molar-refractivity contribution in [3.63, 3.8) is 0 Å². The predicted octanol–water partition coefficient (Wildman–Crippen LogP) is 2.21. The molecule has 0 atom stereocenters. The molecule has 9 heteroatoms. The smallest absolute Gasteiger partial charge is 0.315 e. The van der Waals surface area contributed by atoms with Crippen LogP contribution in [-0.4, -0.2) is 29.3 Å². The third-order valence-corrected chi connectivity index (χ3v) is 2.98. The van der Waals surface area contributed by atoms with E-state index in [2.05, 4.69) is 10.5 Å². The minimum Gasteiger partial charge on any atom is -0.500 e. The van der Waals surface area contributed by atoms with Gasteiger partial charge in [0.25, 0.3) is 5.91 Å². The van der Waals surface area contributed by atoms with Gasteiger partial charge in [-0.25, -0.2) is 9.82 Å². The first-order chi connectivity index (χ1) is 11.4. The molecule has 0 heterocycles. The van der Waals surface area contributed by atoms with E-state index >= 15 is 0 Å². The van der Waals surface area contributed by atoms with Crippen molar-refractivity contribution in [1.82, 2.24) is 5.43 Å². The molecule has 8 nitrogen and oxygen atoms in total. The summed E-state index contributed by atoms with van der Waals surface area (Å²) in [7, 11) is 1.25. The second-order valence-electron chi connectivity index (χ2n) is 4.55. The Hall–Kier alpha value is -3.49. The van der Waals surface area contributed by atoms with Crippen LogP contribution in [0.5, 0.6) is 11.5 Å². The number of nitrogens with zero attached hydrogens (tertiary/aromatic N) is 2. The highest BCUT2D eigenvalue weighted by atomic mass is 19.1. The fourth-order valence-corrected chi connectivity index (χ4v) is 1.81. The van der Waals surface area contributed by atoms with Gasteiger partial charge in [-0.3, -0.25) is 14.9 Å². The molecule has 0 bridgehead atoms. The molecule has 0 saturated carbocycles. The van der Waals surface area contributed by atoms with Crippen molar-refractivity contribution < 1.29 is 24.0 Å². The van der Waals surface area contributed by atoms with Gasteiger partial charge in [0.15, 0.2) is 5.75 Å². The number of nitrogens with one attached hydrogen (secondary N) is 1. The topological polar surface area (TPSA) is 114 Å². The fraction of sp³-hybridized carbons (Fsp3) is 0.0667. The van der Waals surface area contributed by atoms with Crippen LogP contribution in [0.1, 0.15) is 15.9 Å². The molecule has 2 aromatic carbocycles. The second kappa shape index (κ2) is 7.18. The summed E-state index contributed by atoms with van der Waals surface area (Å²) in [6.07, 6.45) is 1.15. The number of aromatic hydroxyl groups is 1. The van der Waals surface area contributed by atoms with Crippen LogP contribution in [0.15, 0.2) is 41.5 Å². The highest BCUT2D eigenvalue weighted by Gasteiger charge is 2.19. The lowest BCUT2D eigenvalue weighted by molar-refractivity contribution is -0.386. The maximum Gasteiger partial charge on any atom is 0.315 e. The summed E-state index contributed by atoms with van der Waals surface area (Å²) in [4.78, 5) is 21.9. The molecule has 0 radical (unpaired) electrons. The molecule has 0 aliphatic carbocycles. The van der Waals surface area contributed by atoms with E-state index in [1.165, 1.54) is 25.3 Å². The van der Waals surface area contributed by atoms with Crippen molar-refractivity contribution in [2.75, 3.05) is 7.11 Å². The van der Waals surface area contributed by atoms with Crippen LogP contribution in [0, 0.1) is 15.9 Å². The standard InChI is InChI=1S/C15H12FN3O5/c1-24-13-7-9(6-12(14(13)20)19(22)23)8-17-18-15(21)10-2-4-11(16)5-3-10/h2-8,20H,1H3,(H,18,21)/b17-8-. The third kappa shape index (κ3) is 3.83. The van der Waals surface area contributed by atoms with Gasteiger partial charge in [0, 0.05) is 17.2 Å². The average molecular weight is 333 g/mol. The number of nitro groups is 1. The van der Waals surface area contributed by atoms with Crippen LogP contribution in [0.3, 0.4) is 0 Å². The molecule has 0 aromatic heterocycles. The lowest BCUT2D eigenvalue weighted by Gasteiger charge is -2.05. The van der Waals surface area contributed by atoms with Crippen LogP contribution >= 0.6 is 0 Å². The Balaban J connectivity index is 2.16. The number of nitro benzene ring substituents is 1. The van der Waals surface area contributed by atoms with Crippen molar-refractivity contribution in [1.29, 1.82) is 0 Å². The number of hydrogen-bond acceptors (Lipinski definition) is 6. The van der Waals surface area contributed by atoms with Crippen LogP contribution in [0.2, 0.25) is 0 Å². The van der Waals surface area contributed by atoms with Crippen molar-refractivity contribution in [2.45, 2.75) is 0 Å². The van der Waals surface area contributed by atoms with Crippen LogP contribution in [0.25, 0.3) is 0 Å². The zero-order valence-corrected chi connectivity index (χ0v) is 12.4. The number of phenols is 1. The Kier molecular flexibility index (Phi) is 5.05. The number of ether oxygens (including phenoxy) is 1. The first-order valence-corrected chi connectivity index (χ1v) is 6.56. The Morgan fingerprint density at radius 3 is 2.62 bits per heavy atom. The molecule has 2 N–H and O–H groups in total. The molecule has 0 spiro atoms. The fourth-order valence-electron chi connectivity index (χ4n) is 1.81. The number of benzene rings is 2. The summed E-state index contributed by atoms with van der Waals surface area (Å²) in [5.74, 6) is -1.75. The summed E-state index contributed by atoms with van der Waals surface area (Å²) in [6, 6.07) is 7.23. The Morgan fingerprint density at radius 2 is 2.04 bits per heavy atom. The molecule has 0 unspecified atom stereocenters. The van der Waals surface area contributed by atoms with Crippen LogP contribution in [0.4, 0.5) is 10.1 Å². The van der Waals surface area contributed by atoms with E-state index in [0.29, 0.717) is 0 Å². The number of hydrogen-bond donors (Lipinski definition) is 2. The zero-order chi connectivity index (χ0) is 17.7.